The molecule has 3 rings (SSSR count). The van der Waals surface area contributed by atoms with E-state index in [1.54, 1.807) is 6.07 Å². The predicted molar refractivity (Wildman–Crippen MR) is 129 cm³/mol. The van der Waals surface area contributed by atoms with Gasteiger partial charge in [0.15, 0.2) is 5.11 Å². The zero-order valence-electron chi connectivity index (χ0n) is 18.4. The fourth-order valence-corrected chi connectivity index (χ4v) is 5.04. The smallest absolute Gasteiger partial charge is 0.173 e. The molecule has 0 bridgehead atoms. The molecule has 30 heavy (non-hydrogen) atoms. The molecule has 0 saturated carbocycles. The van der Waals surface area contributed by atoms with Crippen molar-refractivity contribution in [1.29, 1.82) is 0 Å². The SMILES string of the molecule is Cc1ccc(NC(=S)N(Cc2ccccc2F)C2CC(C)(C)NC(C)(C)C2)cc1Cl. The third-order valence-corrected chi connectivity index (χ3v) is 6.34. The van der Waals surface area contributed by atoms with Crippen LogP contribution < -0.4 is 10.6 Å². The van der Waals surface area contributed by atoms with E-state index in [0.717, 1.165) is 24.1 Å². The van der Waals surface area contributed by atoms with Crippen molar-refractivity contribution in [3.8, 4) is 0 Å². The van der Waals surface area contributed by atoms with Crippen molar-refractivity contribution in [2.45, 2.75) is 71.1 Å². The highest BCUT2D eigenvalue weighted by molar-refractivity contribution is 7.80. The number of nitrogens with zero attached hydrogens (tertiary/aromatic N) is 1. The van der Waals surface area contributed by atoms with Crippen LogP contribution in [0.4, 0.5) is 10.1 Å². The summed E-state index contributed by atoms with van der Waals surface area (Å²) in [4.78, 5) is 2.13. The van der Waals surface area contributed by atoms with E-state index < -0.39 is 0 Å². The second-order valence-corrected chi connectivity index (χ2v) is 10.4. The normalized spacial score (nSPS) is 18.1. The van der Waals surface area contributed by atoms with Crippen LogP contribution in [0.1, 0.15) is 51.7 Å². The van der Waals surface area contributed by atoms with E-state index in [1.165, 1.54) is 6.07 Å². The Morgan fingerprint density at radius 1 is 1.17 bits per heavy atom. The standard InChI is InChI=1S/C24H31ClFN3S/c1-16-10-11-18(12-20(16)25)27-22(30)29(15-17-8-6-7-9-21(17)26)19-13-23(2,3)28-24(4,5)14-19/h6-12,19,28H,13-15H2,1-5H3,(H,27,30). The van der Waals surface area contributed by atoms with Gasteiger partial charge in [-0.05, 0) is 83.4 Å². The van der Waals surface area contributed by atoms with Gasteiger partial charge >= 0.3 is 0 Å². The molecule has 1 aliphatic heterocycles. The number of piperidine rings is 1. The van der Waals surface area contributed by atoms with Gasteiger partial charge in [-0.2, -0.15) is 0 Å². The monoisotopic (exact) mass is 447 g/mol. The summed E-state index contributed by atoms with van der Waals surface area (Å²) in [5.41, 5.74) is 2.38. The second kappa shape index (κ2) is 8.81. The van der Waals surface area contributed by atoms with Crippen molar-refractivity contribution in [1.82, 2.24) is 10.2 Å². The van der Waals surface area contributed by atoms with E-state index in [-0.39, 0.29) is 22.9 Å². The van der Waals surface area contributed by atoms with Gasteiger partial charge in [0.05, 0.1) is 0 Å². The molecule has 1 saturated heterocycles. The summed E-state index contributed by atoms with van der Waals surface area (Å²) < 4.78 is 14.5. The molecule has 1 fully saturated rings. The van der Waals surface area contributed by atoms with Crippen LogP contribution in [0.3, 0.4) is 0 Å². The summed E-state index contributed by atoms with van der Waals surface area (Å²) in [5, 5.41) is 8.31. The number of thiocarbonyl (C=S) groups is 1. The van der Waals surface area contributed by atoms with E-state index in [4.69, 9.17) is 23.8 Å². The summed E-state index contributed by atoms with van der Waals surface area (Å²) in [5.74, 6) is -0.212. The van der Waals surface area contributed by atoms with Crippen molar-refractivity contribution in [3.63, 3.8) is 0 Å². The van der Waals surface area contributed by atoms with Crippen molar-refractivity contribution in [3.05, 3.63) is 64.4 Å². The van der Waals surface area contributed by atoms with Gasteiger partial charge in [-0.15, -0.1) is 0 Å². The lowest BCUT2D eigenvalue weighted by Crippen LogP contribution is -2.63. The average Bonchev–Trinajstić information content (AvgIpc) is 2.61. The van der Waals surface area contributed by atoms with Gasteiger partial charge in [0.1, 0.15) is 5.82 Å². The third-order valence-electron chi connectivity index (χ3n) is 5.59. The lowest BCUT2D eigenvalue weighted by molar-refractivity contribution is 0.101. The van der Waals surface area contributed by atoms with E-state index in [0.29, 0.717) is 22.2 Å². The molecule has 0 aromatic heterocycles. The first kappa shape index (κ1) is 23.0. The Labute approximate surface area is 190 Å². The highest BCUT2D eigenvalue weighted by Gasteiger charge is 2.40. The third kappa shape index (κ3) is 5.71. The van der Waals surface area contributed by atoms with Crippen LogP contribution in [0.5, 0.6) is 0 Å². The van der Waals surface area contributed by atoms with Gasteiger partial charge in [0.25, 0.3) is 0 Å². The number of benzene rings is 2. The molecular weight excluding hydrogens is 417 g/mol. The minimum Gasteiger partial charge on any atom is -0.341 e. The molecule has 0 spiro atoms. The Balaban J connectivity index is 1.91. The molecule has 1 aliphatic rings. The molecule has 0 atom stereocenters. The lowest BCUT2D eigenvalue weighted by atomic mass is 9.79. The minimum atomic E-state index is -0.212. The van der Waals surface area contributed by atoms with Gasteiger partial charge in [0, 0.05) is 39.9 Å². The van der Waals surface area contributed by atoms with Crippen molar-refractivity contribution in [2.24, 2.45) is 0 Å². The van der Waals surface area contributed by atoms with Crippen molar-refractivity contribution < 1.29 is 4.39 Å². The average molecular weight is 448 g/mol. The van der Waals surface area contributed by atoms with Crippen LogP contribution in [-0.2, 0) is 6.54 Å². The Bertz CT molecular complexity index is 912. The van der Waals surface area contributed by atoms with Crippen LogP contribution in [-0.4, -0.2) is 27.1 Å². The first-order valence-electron chi connectivity index (χ1n) is 10.3. The Morgan fingerprint density at radius 3 is 2.40 bits per heavy atom. The molecule has 6 heteroatoms. The van der Waals surface area contributed by atoms with Crippen LogP contribution in [0.25, 0.3) is 0 Å². The Kier molecular flexibility index (Phi) is 6.75. The number of nitrogens with one attached hydrogen (secondary N) is 2. The molecule has 0 amide bonds. The van der Waals surface area contributed by atoms with Gasteiger partial charge < -0.3 is 15.5 Å². The highest BCUT2D eigenvalue weighted by Crippen LogP contribution is 2.33. The summed E-state index contributed by atoms with van der Waals surface area (Å²) in [7, 11) is 0. The molecular formula is C24H31ClFN3S. The molecule has 2 aromatic rings. The van der Waals surface area contributed by atoms with E-state index >= 15 is 0 Å². The molecule has 2 aromatic carbocycles. The summed E-state index contributed by atoms with van der Waals surface area (Å²) >= 11 is 12.1. The van der Waals surface area contributed by atoms with E-state index in [2.05, 4.69) is 43.2 Å². The zero-order valence-corrected chi connectivity index (χ0v) is 19.9. The van der Waals surface area contributed by atoms with Crippen LogP contribution in [0, 0.1) is 12.7 Å². The number of anilines is 1. The molecule has 0 aliphatic carbocycles. The molecule has 1 heterocycles. The van der Waals surface area contributed by atoms with E-state index in [9.17, 15) is 4.39 Å². The van der Waals surface area contributed by atoms with Gasteiger partial charge in [-0.25, -0.2) is 4.39 Å². The van der Waals surface area contributed by atoms with Gasteiger partial charge in [-0.1, -0.05) is 35.9 Å². The molecule has 0 unspecified atom stereocenters. The Hall–Kier alpha value is -1.69. The molecule has 3 nitrogen and oxygen atoms in total. The predicted octanol–water partition coefficient (Wildman–Crippen LogP) is 6.30. The topological polar surface area (TPSA) is 27.3 Å². The zero-order chi connectivity index (χ0) is 22.1. The maximum Gasteiger partial charge on any atom is 0.173 e. The largest absolute Gasteiger partial charge is 0.341 e. The summed E-state index contributed by atoms with van der Waals surface area (Å²) in [6.07, 6.45) is 1.81. The number of halogens is 2. The van der Waals surface area contributed by atoms with Crippen molar-refractivity contribution >= 4 is 34.6 Å². The van der Waals surface area contributed by atoms with Crippen molar-refractivity contribution in [2.75, 3.05) is 5.32 Å². The van der Waals surface area contributed by atoms with Crippen LogP contribution >= 0.6 is 23.8 Å². The highest BCUT2D eigenvalue weighted by atomic mass is 35.5. The molecule has 2 N–H and O–H groups in total. The van der Waals surface area contributed by atoms with Gasteiger partial charge in [0.2, 0.25) is 0 Å². The summed E-state index contributed by atoms with van der Waals surface area (Å²) in [6, 6.07) is 12.9. The van der Waals surface area contributed by atoms with Crippen LogP contribution in [0.15, 0.2) is 42.5 Å². The number of hydrogen-bond acceptors (Lipinski definition) is 2. The number of aryl methyl sites for hydroxylation is 1. The second-order valence-electron chi connectivity index (χ2n) is 9.57. The fourth-order valence-electron chi connectivity index (χ4n) is 4.53. The summed E-state index contributed by atoms with van der Waals surface area (Å²) in [6.45, 7) is 11.2. The first-order valence-corrected chi connectivity index (χ1v) is 11.1. The fraction of sp³-hybridized carbons (Fsp3) is 0.458. The maximum absolute atomic E-state index is 14.5. The quantitative estimate of drug-likeness (QED) is 0.538. The number of rotatable bonds is 4. The lowest BCUT2D eigenvalue weighted by Gasteiger charge is -2.50. The van der Waals surface area contributed by atoms with Gasteiger partial charge in [-0.3, -0.25) is 0 Å². The molecule has 162 valence electrons. The van der Waals surface area contributed by atoms with Crippen LogP contribution in [0.2, 0.25) is 5.02 Å². The minimum absolute atomic E-state index is 0.0529. The number of hydrogen-bond donors (Lipinski definition) is 2. The molecule has 0 radical (unpaired) electrons. The van der Waals surface area contributed by atoms with E-state index in [1.807, 2.05) is 37.3 Å². The first-order chi connectivity index (χ1) is 14.0. The Morgan fingerprint density at radius 2 is 1.80 bits per heavy atom. The maximum atomic E-state index is 14.5.